The molecule has 6 heteroatoms. The number of ketones is 1. The van der Waals surface area contributed by atoms with Crippen LogP contribution in [-0.2, 0) is 16.1 Å². The Labute approximate surface area is 148 Å². The summed E-state index contributed by atoms with van der Waals surface area (Å²) >= 11 is 0. The van der Waals surface area contributed by atoms with Gasteiger partial charge in [-0.3, -0.25) is 14.5 Å². The molecule has 0 saturated heterocycles. The Morgan fingerprint density at radius 1 is 1.24 bits per heavy atom. The van der Waals surface area contributed by atoms with Gasteiger partial charge in [-0.2, -0.15) is 0 Å². The van der Waals surface area contributed by atoms with E-state index in [0.717, 1.165) is 12.0 Å². The summed E-state index contributed by atoms with van der Waals surface area (Å²) in [6, 6.07) is 5.05. The number of Topliss-reactive ketones (excluding diaryl/α,β-unsaturated/α-hetero) is 1. The number of hydrogen-bond acceptors (Lipinski definition) is 5. The van der Waals surface area contributed by atoms with E-state index in [1.165, 1.54) is 7.11 Å². The van der Waals surface area contributed by atoms with Gasteiger partial charge in [-0.25, -0.2) is 4.79 Å². The van der Waals surface area contributed by atoms with E-state index in [4.69, 9.17) is 4.74 Å². The van der Waals surface area contributed by atoms with E-state index in [1.54, 1.807) is 18.2 Å². The van der Waals surface area contributed by atoms with Crippen molar-refractivity contribution in [3.63, 3.8) is 0 Å². The molecule has 136 valence electrons. The first-order valence-corrected chi connectivity index (χ1v) is 8.47. The number of carbonyl (C=O) groups excluding carboxylic acids is 3. The molecule has 1 aliphatic heterocycles. The number of esters is 1. The fourth-order valence-electron chi connectivity index (χ4n) is 2.75. The summed E-state index contributed by atoms with van der Waals surface area (Å²) in [6.45, 7) is 7.88. The van der Waals surface area contributed by atoms with Crippen LogP contribution in [0.15, 0.2) is 18.2 Å². The molecule has 0 saturated carbocycles. The lowest BCUT2D eigenvalue weighted by Gasteiger charge is -2.28. The third-order valence-electron chi connectivity index (χ3n) is 4.21. The minimum Gasteiger partial charge on any atom is -0.465 e. The lowest BCUT2D eigenvalue weighted by atomic mass is 9.95. The highest BCUT2D eigenvalue weighted by atomic mass is 16.5. The van der Waals surface area contributed by atoms with E-state index < -0.39 is 11.4 Å². The van der Waals surface area contributed by atoms with Gasteiger partial charge in [0.05, 0.1) is 19.2 Å². The van der Waals surface area contributed by atoms with Crippen LogP contribution in [0.1, 0.15) is 53.5 Å². The monoisotopic (exact) mass is 346 g/mol. The SMILES string of the molecule is COC(=O)c1ccc2c(c1)CN(CCCNC(=O)C(C)(C)C)CC2=O. The smallest absolute Gasteiger partial charge is 0.337 e. The van der Waals surface area contributed by atoms with Crippen LogP contribution >= 0.6 is 0 Å². The first kappa shape index (κ1) is 19.1. The number of methoxy groups -OCH3 is 1. The van der Waals surface area contributed by atoms with E-state index in [1.807, 2.05) is 25.7 Å². The molecule has 1 N–H and O–H groups in total. The van der Waals surface area contributed by atoms with Gasteiger partial charge in [-0.05, 0) is 24.1 Å². The predicted octanol–water partition coefficient (Wildman–Crippen LogP) is 2.02. The minimum atomic E-state index is -0.405. The van der Waals surface area contributed by atoms with Gasteiger partial charge < -0.3 is 10.1 Å². The Morgan fingerprint density at radius 3 is 2.60 bits per heavy atom. The van der Waals surface area contributed by atoms with Crippen molar-refractivity contribution in [3.8, 4) is 0 Å². The summed E-state index contributed by atoms with van der Waals surface area (Å²) in [5.41, 5.74) is 1.57. The Bertz CT molecular complexity index is 676. The van der Waals surface area contributed by atoms with Crippen LogP contribution in [0, 0.1) is 5.41 Å². The third kappa shape index (κ3) is 4.89. The molecule has 0 unspecified atom stereocenters. The minimum absolute atomic E-state index is 0.0234. The first-order chi connectivity index (χ1) is 11.7. The van der Waals surface area contributed by atoms with Gasteiger partial charge in [0.1, 0.15) is 0 Å². The van der Waals surface area contributed by atoms with Gasteiger partial charge in [0.2, 0.25) is 5.91 Å². The van der Waals surface area contributed by atoms with Crippen molar-refractivity contribution >= 4 is 17.7 Å². The standard InChI is InChI=1S/C19H26N2O4/c1-19(2,3)18(24)20-8-5-9-21-11-14-10-13(17(23)25-4)6-7-15(14)16(22)12-21/h6-7,10H,5,8-9,11-12H2,1-4H3,(H,20,24). The Balaban J connectivity index is 1.93. The van der Waals surface area contributed by atoms with Crippen molar-refractivity contribution < 1.29 is 19.1 Å². The second-order valence-electron chi connectivity index (χ2n) is 7.36. The summed E-state index contributed by atoms with van der Waals surface area (Å²) < 4.78 is 4.73. The zero-order chi connectivity index (χ0) is 18.6. The highest BCUT2D eigenvalue weighted by molar-refractivity contribution is 6.01. The zero-order valence-electron chi connectivity index (χ0n) is 15.3. The Morgan fingerprint density at radius 2 is 1.96 bits per heavy atom. The summed E-state index contributed by atoms with van der Waals surface area (Å²) in [7, 11) is 1.34. The van der Waals surface area contributed by atoms with E-state index in [0.29, 0.717) is 37.3 Å². The van der Waals surface area contributed by atoms with Crippen LogP contribution in [0.2, 0.25) is 0 Å². The van der Waals surface area contributed by atoms with Gasteiger partial charge in [0.25, 0.3) is 0 Å². The van der Waals surface area contributed by atoms with Gasteiger partial charge in [-0.15, -0.1) is 0 Å². The van der Waals surface area contributed by atoms with Crippen molar-refractivity contribution in [1.29, 1.82) is 0 Å². The van der Waals surface area contributed by atoms with Crippen LogP contribution < -0.4 is 5.32 Å². The molecule has 0 aromatic heterocycles. The van der Waals surface area contributed by atoms with Crippen LogP contribution in [0.4, 0.5) is 0 Å². The molecule has 1 amide bonds. The third-order valence-corrected chi connectivity index (χ3v) is 4.21. The maximum atomic E-state index is 12.3. The molecule has 0 atom stereocenters. The maximum Gasteiger partial charge on any atom is 0.337 e. The first-order valence-electron chi connectivity index (χ1n) is 8.47. The second-order valence-corrected chi connectivity index (χ2v) is 7.36. The Hall–Kier alpha value is -2.21. The van der Waals surface area contributed by atoms with Crippen molar-refractivity contribution in [2.45, 2.75) is 33.7 Å². The number of fused-ring (bicyclic) bond motifs is 1. The molecule has 0 radical (unpaired) electrons. The molecule has 0 bridgehead atoms. The van der Waals surface area contributed by atoms with E-state index in [2.05, 4.69) is 5.32 Å². The quantitative estimate of drug-likeness (QED) is 0.652. The number of carbonyl (C=O) groups is 3. The van der Waals surface area contributed by atoms with E-state index >= 15 is 0 Å². The predicted molar refractivity (Wildman–Crippen MR) is 94.5 cm³/mol. The van der Waals surface area contributed by atoms with Crippen molar-refractivity contribution in [2.24, 2.45) is 5.41 Å². The molecule has 0 fully saturated rings. The summed E-state index contributed by atoms with van der Waals surface area (Å²) in [4.78, 5) is 37.8. The van der Waals surface area contributed by atoms with Gasteiger partial charge in [-0.1, -0.05) is 26.8 Å². The lowest BCUT2D eigenvalue weighted by Crippen LogP contribution is -2.39. The summed E-state index contributed by atoms with van der Waals surface area (Å²) in [5.74, 6) is -0.330. The largest absolute Gasteiger partial charge is 0.465 e. The molecule has 2 rings (SSSR count). The number of benzene rings is 1. The van der Waals surface area contributed by atoms with Crippen LogP contribution in [0.3, 0.4) is 0 Å². The highest BCUT2D eigenvalue weighted by Gasteiger charge is 2.24. The molecule has 1 aromatic carbocycles. The fourth-order valence-corrected chi connectivity index (χ4v) is 2.75. The van der Waals surface area contributed by atoms with E-state index in [9.17, 15) is 14.4 Å². The molecule has 0 aliphatic carbocycles. The van der Waals surface area contributed by atoms with Gasteiger partial charge in [0.15, 0.2) is 5.78 Å². The molecule has 1 aliphatic rings. The molecule has 1 aromatic rings. The Kier molecular flexibility index (Phi) is 5.95. The highest BCUT2D eigenvalue weighted by Crippen LogP contribution is 2.21. The molecule has 6 nitrogen and oxygen atoms in total. The molecular formula is C19H26N2O4. The normalized spacial score (nSPS) is 14.8. The number of ether oxygens (including phenoxy) is 1. The number of nitrogens with one attached hydrogen (secondary N) is 1. The van der Waals surface area contributed by atoms with Gasteiger partial charge in [0, 0.05) is 30.6 Å². The number of hydrogen-bond donors (Lipinski definition) is 1. The maximum absolute atomic E-state index is 12.3. The molecule has 0 spiro atoms. The number of nitrogens with zero attached hydrogens (tertiary/aromatic N) is 1. The van der Waals surface area contributed by atoms with Crippen molar-refractivity contribution in [1.82, 2.24) is 10.2 Å². The fraction of sp³-hybridized carbons (Fsp3) is 0.526. The second kappa shape index (κ2) is 7.78. The lowest BCUT2D eigenvalue weighted by molar-refractivity contribution is -0.128. The van der Waals surface area contributed by atoms with Gasteiger partial charge >= 0.3 is 5.97 Å². The average Bonchev–Trinajstić information content (AvgIpc) is 2.56. The van der Waals surface area contributed by atoms with Crippen LogP contribution in [0.5, 0.6) is 0 Å². The van der Waals surface area contributed by atoms with Crippen molar-refractivity contribution in [3.05, 3.63) is 34.9 Å². The number of amides is 1. The molecule has 25 heavy (non-hydrogen) atoms. The number of rotatable bonds is 5. The van der Waals surface area contributed by atoms with Crippen LogP contribution in [0.25, 0.3) is 0 Å². The topological polar surface area (TPSA) is 75.7 Å². The molecular weight excluding hydrogens is 320 g/mol. The molecule has 1 heterocycles. The van der Waals surface area contributed by atoms with E-state index in [-0.39, 0.29) is 11.7 Å². The van der Waals surface area contributed by atoms with Crippen molar-refractivity contribution in [2.75, 3.05) is 26.7 Å². The summed E-state index contributed by atoms with van der Waals surface area (Å²) in [6.07, 6.45) is 0.765. The van der Waals surface area contributed by atoms with Crippen LogP contribution in [-0.4, -0.2) is 49.3 Å². The zero-order valence-corrected chi connectivity index (χ0v) is 15.3. The summed E-state index contributed by atoms with van der Waals surface area (Å²) in [5, 5.41) is 2.91. The average molecular weight is 346 g/mol.